The second kappa shape index (κ2) is 8.96. The van der Waals surface area contributed by atoms with Gasteiger partial charge in [-0.1, -0.05) is 11.6 Å². The van der Waals surface area contributed by atoms with Crippen LogP contribution >= 0.6 is 11.6 Å². The molecule has 2 aromatic heterocycles. The van der Waals surface area contributed by atoms with Crippen molar-refractivity contribution in [2.24, 2.45) is 0 Å². The van der Waals surface area contributed by atoms with E-state index in [1.54, 1.807) is 47.4 Å². The van der Waals surface area contributed by atoms with Crippen LogP contribution in [0.2, 0.25) is 5.02 Å². The molecule has 1 amide bonds. The lowest BCUT2D eigenvalue weighted by atomic mass is 10.3. The summed E-state index contributed by atoms with van der Waals surface area (Å²) in [5.41, 5.74) is 0. The first kappa shape index (κ1) is 19.9. The molecule has 7 nitrogen and oxygen atoms in total. The molecule has 1 aliphatic rings. The Morgan fingerprint density at radius 1 is 0.900 bits per heavy atom. The molecule has 1 saturated heterocycles. The maximum atomic E-state index is 13.0. The lowest BCUT2D eigenvalue weighted by Gasteiger charge is -2.34. The number of ether oxygens (including phenoxy) is 2. The molecule has 0 radical (unpaired) electrons. The molecule has 1 aliphatic heterocycles. The molecular weight excluding hydrogens is 411 g/mol. The van der Waals surface area contributed by atoms with Crippen LogP contribution in [0.25, 0.3) is 0 Å². The maximum Gasteiger partial charge on any atom is 0.415 e. The van der Waals surface area contributed by atoms with E-state index in [0.717, 1.165) is 0 Å². The summed E-state index contributed by atoms with van der Waals surface area (Å²) < 4.78 is 24.1. The van der Waals surface area contributed by atoms with Crippen LogP contribution in [0.4, 0.5) is 15.0 Å². The summed E-state index contributed by atoms with van der Waals surface area (Å²) in [6, 6.07) is 13.0. The monoisotopic (exact) mass is 428 g/mol. The van der Waals surface area contributed by atoms with Gasteiger partial charge >= 0.3 is 6.09 Å². The maximum absolute atomic E-state index is 13.0. The van der Waals surface area contributed by atoms with Crippen LogP contribution in [-0.4, -0.2) is 47.1 Å². The Kier molecular flexibility index (Phi) is 5.94. The number of hydrogen-bond acceptors (Lipinski definition) is 6. The molecule has 0 unspecified atom stereocenters. The molecule has 154 valence electrons. The van der Waals surface area contributed by atoms with Gasteiger partial charge in [-0.15, -0.1) is 0 Å². The number of pyridine rings is 2. The van der Waals surface area contributed by atoms with E-state index in [0.29, 0.717) is 54.4 Å². The number of benzene rings is 1. The molecule has 0 spiro atoms. The summed E-state index contributed by atoms with van der Waals surface area (Å²) in [5, 5.41) is 0.527. The van der Waals surface area contributed by atoms with Gasteiger partial charge in [0, 0.05) is 38.4 Å². The van der Waals surface area contributed by atoms with Crippen molar-refractivity contribution in [2.45, 2.75) is 0 Å². The molecule has 1 aromatic carbocycles. The summed E-state index contributed by atoms with van der Waals surface area (Å²) in [6.45, 7) is 2.16. The van der Waals surface area contributed by atoms with Crippen molar-refractivity contribution in [3.63, 3.8) is 0 Å². The van der Waals surface area contributed by atoms with Crippen LogP contribution in [0.5, 0.6) is 17.4 Å². The molecule has 1 fully saturated rings. The van der Waals surface area contributed by atoms with E-state index in [1.165, 1.54) is 18.5 Å². The topological polar surface area (TPSA) is 67.8 Å². The summed E-state index contributed by atoms with van der Waals surface area (Å²) in [5.74, 6) is 1.71. The van der Waals surface area contributed by atoms with E-state index in [2.05, 4.69) is 9.97 Å². The highest BCUT2D eigenvalue weighted by Crippen LogP contribution is 2.24. The van der Waals surface area contributed by atoms with Crippen molar-refractivity contribution < 1.29 is 18.7 Å². The van der Waals surface area contributed by atoms with Crippen molar-refractivity contribution in [3.8, 4) is 17.4 Å². The fourth-order valence-electron chi connectivity index (χ4n) is 2.96. The Hall–Kier alpha value is -3.39. The van der Waals surface area contributed by atoms with Gasteiger partial charge in [-0.3, -0.25) is 0 Å². The van der Waals surface area contributed by atoms with Crippen LogP contribution in [-0.2, 0) is 0 Å². The van der Waals surface area contributed by atoms with Gasteiger partial charge in [0.25, 0.3) is 0 Å². The first-order chi connectivity index (χ1) is 14.6. The van der Waals surface area contributed by atoms with Gasteiger partial charge in [0.15, 0.2) is 0 Å². The van der Waals surface area contributed by atoms with Crippen molar-refractivity contribution in [3.05, 3.63) is 71.8 Å². The highest BCUT2D eigenvalue weighted by atomic mass is 35.5. The normalized spacial score (nSPS) is 13.8. The molecule has 0 atom stereocenters. The van der Waals surface area contributed by atoms with E-state index in [-0.39, 0.29) is 5.82 Å². The number of nitrogens with zero attached hydrogens (tertiary/aromatic N) is 4. The van der Waals surface area contributed by atoms with Gasteiger partial charge in [0.1, 0.15) is 23.1 Å². The molecule has 4 rings (SSSR count). The lowest BCUT2D eigenvalue weighted by molar-refractivity contribution is 0.149. The molecule has 0 aliphatic carbocycles. The average molecular weight is 429 g/mol. The standard InChI is InChI=1S/C21H18ClFN4O3/c22-15-1-8-20(25-13-15)29-17-3-5-18(6-4-17)30-21(28)27-11-9-26(10-12-27)19-7-2-16(23)14-24-19/h1-8,13-14H,9-12H2. The van der Waals surface area contributed by atoms with Crippen molar-refractivity contribution in [1.29, 1.82) is 0 Å². The Labute approximate surface area is 177 Å². The zero-order chi connectivity index (χ0) is 20.9. The molecule has 3 aromatic rings. The third-order valence-electron chi connectivity index (χ3n) is 4.53. The molecular formula is C21H18ClFN4O3. The minimum atomic E-state index is -0.422. The number of hydrogen-bond donors (Lipinski definition) is 0. The minimum absolute atomic E-state index is 0.373. The van der Waals surface area contributed by atoms with Crippen LogP contribution in [0.3, 0.4) is 0 Å². The zero-order valence-corrected chi connectivity index (χ0v) is 16.6. The van der Waals surface area contributed by atoms with E-state index < -0.39 is 6.09 Å². The molecule has 0 bridgehead atoms. The molecule has 9 heteroatoms. The van der Waals surface area contributed by atoms with Crippen molar-refractivity contribution in [1.82, 2.24) is 14.9 Å². The predicted octanol–water partition coefficient (Wildman–Crippen LogP) is 4.38. The lowest BCUT2D eigenvalue weighted by Crippen LogP contribution is -2.49. The predicted molar refractivity (Wildman–Crippen MR) is 110 cm³/mol. The Balaban J connectivity index is 1.28. The first-order valence-corrected chi connectivity index (χ1v) is 9.67. The van der Waals surface area contributed by atoms with Crippen molar-refractivity contribution in [2.75, 3.05) is 31.1 Å². The highest BCUT2D eigenvalue weighted by molar-refractivity contribution is 6.30. The number of amides is 1. The third kappa shape index (κ3) is 4.96. The van der Waals surface area contributed by atoms with E-state index in [4.69, 9.17) is 21.1 Å². The number of rotatable bonds is 4. The van der Waals surface area contributed by atoms with Crippen LogP contribution in [0.1, 0.15) is 0 Å². The van der Waals surface area contributed by atoms with Gasteiger partial charge in [0.2, 0.25) is 5.88 Å². The van der Waals surface area contributed by atoms with Gasteiger partial charge in [-0.25, -0.2) is 19.2 Å². The van der Waals surface area contributed by atoms with Crippen LogP contribution in [0.15, 0.2) is 60.9 Å². The van der Waals surface area contributed by atoms with Gasteiger partial charge in [-0.2, -0.15) is 0 Å². The van der Waals surface area contributed by atoms with Gasteiger partial charge in [0.05, 0.1) is 11.2 Å². The Bertz CT molecular complexity index is 992. The van der Waals surface area contributed by atoms with E-state index in [1.807, 2.05) is 4.90 Å². The highest BCUT2D eigenvalue weighted by Gasteiger charge is 2.23. The minimum Gasteiger partial charge on any atom is -0.439 e. The van der Waals surface area contributed by atoms with E-state index in [9.17, 15) is 9.18 Å². The van der Waals surface area contributed by atoms with Gasteiger partial charge < -0.3 is 19.3 Å². The molecule has 3 heterocycles. The zero-order valence-electron chi connectivity index (χ0n) is 15.9. The second-order valence-corrected chi connectivity index (χ2v) is 7.00. The van der Waals surface area contributed by atoms with Crippen molar-refractivity contribution >= 4 is 23.5 Å². The van der Waals surface area contributed by atoms with Crippen LogP contribution < -0.4 is 14.4 Å². The first-order valence-electron chi connectivity index (χ1n) is 9.29. The summed E-state index contributed by atoms with van der Waals surface area (Å²) in [4.78, 5) is 24.2. The average Bonchev–Trinajstić information content (AvgIpc) is 2.77. The summed E-state index contributed by atoms with van der Waals surface area (Å²) >= 11 is 5.80. The SMILES string of the molecule is O=C(Oc1ccc(Oc2ccc(Cl)cn2)cc1)N1CCN(c2ccc(F)cn2)CC1. The number of carbonyl (C=O) groups is 1. The van der Waals surface area contributed by atoms with Gasteiger partial charge in [-0.05, 0) is 42.5 Å². The Morgan fingerprint density at radius 3 is 2.27 bits per heavy atom. The summed E-state index contributed by atoms with van der Waals surface area (Å²) in [7, 11) is 0. The molecule has 0 N–H and O–H groups in total. The number of halogens is 2. The number of piperazine rings is 1. The second-order valence-electron chi connectivity index (χ2n) is 6.56. The largest absolute Gasteiger partial charge is 0.439 e. The fourth-order valence-corrected chi connectivity index (χ4v) is 3.07. The number of aromatic nitrogens is 2. The van der Waals surface area contributed by atoms with E-state index >= 15 is 0 Å². The smallest absolute Gasteiger partial charge is 0.415 e. The fraction of sp³-hybridized carbons (Fsp3) is 0.190. The van der Waals surface area contributed by atoms with Crippen LogP contribution in [0, 0.1) is 5.82 Å². The molecule has 30 heavy (non-hydrogen) atoms. The Morgan fingerprint density at radius 2 is 1.63 bits per heavy atom. The third-order valence-corrected chi connectivity index (χ3v) is 4.75. The number of carbonyl (C=O) groups excluding carboxylic acids is 1. The molecule has 0 saturated carbocycles. The quantitative estimate of drug-likeness (QED) is 0.614. The number of anilines is 1. The summed E-state index contributed by atoms with van der Waals surface area (Å²) in [6.07, 6.45) is 2.26.